The van der Waals surface area contributed by atoms with Crippen LogP contribution in [-0.4, -0.2) is 17.7 Å². The molecule has 0 aromatic carbocycles. The van der Waals surface area contributed by atoms with Crippen LogP contribution >= 0.6 is 0 Å². The van der Waals surface area contributed by atoms with Gasteiger partial charge in [0.2, 0.25) is 0 Å². The Labute approximate surface area is 80.9 Å². The predicted molar refractivity (Wildman–Crippen MR) is 55.1 cm³/mol. The molecule has 13 heavy (non-hydrogen) atoms. The van der Waals surface area contributed by atoms with Crippen LogP contribution in [-0.2, 0) is 4.74 Å². The van der Waals surface area contributed by atoms with Crippen molar-refractivity contribution in [2.24, 2.45) is 0 Å². The molecule has 1 unspecified atom stereocenters. The minimum atomic E-state index is 0.179. The van der Waals surface area contributed by atoms with Crippen LogP contribution in [0, 0.1) is 0 Å². The Kier molecular flexibility index (Phi) is 4.03. The van der Waals surface area contributed by atoms with Gasteiger partial charge in [-0.05, 0) is 31.9 Å². The van der Waals surface area contributed by atoms with Crippen molar-refractivity contribution in [1.29, 1.82) is 0 Å². The zero-order valence-corrected chi connectivity index (χ0v) is 8.46. The first kappa shape index (κ1) is 10.3. The fraction of sp³-hybridized carbons (Fsp3) is 0.636. The van der Waals surface area contributed by atoms with Gasteiger partial charge in [-0.1, -0.05) is 20.1 Å². The Morgan fingerprint density at radius 1 is 1.62 bits per heavy atom. The Bertz CT molecular complexity index is 183. The average molecular weight is 181 g/mol. The van der Waals surface area contributed by atoms with E-state index < -0.39 is 0 Å². The van der Waals surface area contributed by atoms with E-state index >= 15 is 0 Å². The lowest BCUT2D eigenvalue weighted by molar-refractivity contribution is -0.0532. The summed E-state index contributed by atoms with van der Waals surface area (Å²) in [5, 5.41) is 0. The van der Waals surface area contributed by atoms with Crippen molar-refractivity contribution >= 4 is 0 Å². The fourth-order valence-electron chi connectivity index (χ4n) is 1.58. The predicted octanol–water partition coefficient (Wildman–Crippen LogP) is 2.88. The standard InChI is InChI=1S/C11H19NO/c1-4-10(3)12(5-2)11-8-6-7-9-13-11/h5,11H,2-4,6-9H2,1H3. The first-order valence-corrected chi connectivity index (χ1v) is 5.00. The molecule has 1 atom stereocenters. The maximum atomic E-state index is 5.65. The lowest BCUT2D eigenvalue weighted by Crippen LogP contribution is -2.34. The zero-order chi connectivity index (χ0) is 9.68. The van der Waals surface area contributed by atoms with E-state index in [1.807, 2.05) is 6.20 Å². The number of nitrogens with zero attached hydrogens (tertiary/aromatic N) is 1. The smallest absolute Gasteiger partial charge is 0.133 e. The monoisotopic (exact) mass is 181 g/mol. The van der Waals surface area contributed by atoms with Crippen molar-refractivity contribution in [3.8, 4) is 0 Å². The van der Waals surface area contributed by atoms with Crippen molar-refractivity contribution in [1.82, 2.24) is 4.90 Å². The van der Waals surface area contributed by atoms with Gasteiger partial charge in [0.25, 0.3) is 0 Å². The number of rotatable bonds is 4. The van der Waals surface area contributed by atoms with Gasteiger partial charge in [0.05, 0.1) is 0 Å². The third kappa shape index (κ3) is 2.59. The van der Waals surface area contributed by atoms with Crippen LogP contribution in [0.5, 0.6) is 0 Å². The first-order valence-electron chi connectivity index (χ1n) is 5.00. The summed E-state index contributed by atoms with van der Waals surface area (Å²) >= 11 is 0. The summed E-state index contributed by atoms with van der Waals surface area (Å²) in [6.45, 7) is 10.8. The summed E-state index contributed by atoms with van der Waals surface area (Å²) in [5.74, 6) is 0. The lowest BCUT2D eigenvalue weighted by Gasteiger charge is -2.34. The largest absolute Gasteiger partial charge is 0.358 e. The molecule has 0 saturated carbocycles. The molecular weight excluding hydrogens is 162 g/mol. The molecule has 1 saturated heterocycles. The maximum Gasteiger partial charge on any atom is 0.133 e. The molecule has 74 valence electrons. The van der Waals surface area contributed by atoms with Gasteiger partial charge in [0, 0.05) is 12.3 Å². The van der Waals surface area contributed by atoms with E-state index in [4.69, 9.17) is 4.74 Å². The number of hydrogen-bond donors (Lipinski definition) is 0. The second-order valence-electron chi connectivity index (χ2n) is 3.33. The number of allylic oxidation sites excluding steroid dienone is 1. The van der Waals surface area contributed by atoms with Crippen LogP contribution in [0.15, 0.2) is 25.1 Å². The Balaban J connectivity index is 2.53. The van der Waals surface area contributed by atoms with Crippen molar-refractivity contribution in [2.45, 2.75) is 38.8 Å². The van der Waals surface area contributed by atoms with Crippen LogP contribution in [0.2, 0.25) is 0 Å². The quantitative estimate of drug-likeness (QED) is 0.661. The SMILES string of the molecule is C=CN(C(=C)CC)C1CCCCO1. The lowest BCUT2D eigenvalue weighted by atomic mass is 10.1. The summed E-state index contributed by atoms with van der Waals surface area (Å²) in [5.41, 5.74) is 1.09. The average Bonchev–Trinajstić information content (AvgIpc) is 2.20. The molecule has 2 nitrogen and oxygen atoms in total. The summed E-state index contributed by atoms with van der Waals surface area (Å²) in [6.07, 6.45) is 6.46. The molecule has 1 fully saturated rings. The molecule has 0 aromatic rings. The molecule has 0 bridgehead atoms. The number of ether oxygens (including phenoxy) is 1. The normalized spacial score (nSPS) is 22.4. The fourth-order valence-corrected chi connectivity index (χ4v) is 1.58. The summed E-state index contributed by atoms with van der Waals surface area (Å²) in [4.78, 5) is 2.05. The molecule has 2 heteroatoms. The van der Waals surface area contributed by atoms with E-state index in [1.165, 1.54) is 12.8 Å². The van der Waals surface area contributed by atoms with Gasteiger partial charge in [0.1, 0.15) is 6.23 Å². The molecule has 0 aromatic heterocycles. The third-order valence-corrected chi connectivity index (χ3v) is 2.44. The second-order valence-corrected chi connectivity index (χ2v) is 3.33. The highest BCUT2D eigenvalue weighted by molar-refractivity contribution is 4.99. The Morgan fingerprint density at radius 3 is 2.85 bits per heavy atom. The van der Waals surface area contributed by atoms with Crippen molar-refractivity contribution in [3.63, 3.8) is 0 Å². The Morgan fingerprint density at radius 2 is 2.38 bits per heavy atom. The summed E-state index contributed by atoms with van der Waals surface area (Å²) in [6, 6.07) is 0. The van der Waals surface area contributed by atoms with Gasteiger partial charge < -0.3 is 9.64 Å². The van der Waals surface area contributed by atoms with Crippen LogP contribution < -0.4 is 0 Å². The van der Waals surface area contributed by atoms with Gasteiger partial charge in [-0.2, -0.15) is 0 Å². The van der Waals surface area contributed by atoms with Crippen molar-refractivity contribution in [3.05, 3.63) is 25.1 Å². The highest BCUT2D eigenvalue weighted by atomic mass is 16.5. The molecule has 1 heterocycles. The minimum absolute atomic E-state index is 0.179. The molecule has 0 radical (unpaired) electrons. The zero-order valence-electron chi connectivity index (χ0n) is 8.46. The molecule has 0 aliphatic carbocycles. The van der Waals surface area contributed by atoms with Crippen LogP contribution in [0.3, 0.4) is 0 Å². The topological polar surface area (TPSA) is 12.5 Å². The van der Waals surface area contributed by atoms with E-state index in [9.17, 15) is 0 Å². The second kappa shape index (κ2) is 5.07. The van der Waals surface area contributed by atoms with Gasteiger partial charge in [-0.3, -0.25) is 0 Å². The molecule has 1 rings (SSSR count). The van der Waals surface area contributed by atoms with Crippen molar-refractivity contribution < 1.29 is 4.74 Å². The van der Waals surface area contributed by atoms with E-state index in [0.29, 0.717) is 0 Å². The molecule has 0 N–H and O–H groups in total. The maximum absolute atomic E-state index is 5.65. The summed E-state index contributed by atoms with van der Waals surface area (Å²) in [7, 11) is 0. The van der Waals surface area contributed by atoms with E-state index in [1.54, 1.807) is 0 Å². The van der Waals surface area contributed by atoms with Gasteiger partial charge in [0.15, 0.2) is 0 Å². The van der Waals surface area contributed by atoms with Crippen LogP contribution in [0.1, 0.15) is 32.6 Å². The number of hydrogen-bond acceptors (Lipinski definition) is 2. The van der Waals surface area contributed by atoms with Crippen LogP contribution in [0.25, 0.3) is 0 Å². The van der Waals surface area contributed by atoms with Crippen LogP contribution in [0.4, 0.5) is 0 Å². The van der Waals surface area contributed by atoms with Crippen molar-refractivity contribution in [2.75, 3.05) is 6.61 Å². The molecule has 1 aliphatic rings. The van der Waals surface area contributed by atoms with E-state index in [0.717, 1.165) is 25.1 Å². The molecule has 0 spiro atoms. The van der Waals surface area contributed by atoms with E-state index in [-0.39, 0.29) is 6.23 Å². The minimum Gasteiger partial charge on any atom is -0.358 e. The Hall–Kier alpha value is -0.760. The molecule has 0 amide bonds. The van der Waals surface area contributed by atoms with Gasteiger partial charge >= 0.3 is 0 Å². The highest BCUT2D eigenvalue weighted by Gasteiger charge is 2.19. The van der Waals surface area contributed by atoms with Gasteiger partial charge in [-0.15, -0.1) is 0 Å². The molecule has 1 aliphatic heterocycles. The first-order chi connectivity index (χ1) is 6.29. The molecular formula is C11H19NO. The van der Waals surface area contributed by atoms with Gasteiger partial charge in [-0.25, -0.2) is 0 Å². The third-order valence-electron chi connectivity index (χ3n) is 2.44. The van der Waals surface area contributed by atoms with E-state index in [2.05, 4.69) is 25.0 Å². The highest BCUT2D eigenvalue weighted by Crippen LogP contribution is 2.21. The summed E-state index contributed by atoms with van der Waals surface area (Å²) < 4.78 is 5.65.